The number of Topliss-reactive ketones (excluding diaryl/α,β-unsaturated/α-hetero) is 1. The number of halogens is 3. The lowest BCUT2D eigenvalue weighted by Crippen LogP contribution is -2.44. The smallest absolute Gasteiger partial charge is 0.368 e. The van der Waals surface area contributed by atoms with E-state index in [1.54, 1.807) is 6.20 Å². The van der Waals surface area contributed by atoms with Gasteiger partial charge in [-0.15, -0.1) is 0 Å². The lowest BCUT2D eigenvalue weighted by Gasteiger charge is -2.30. The van der Waals surface area contributed by atoms with Gasteiger partial charge in [-0.3, -0.25) is 19.5 Å². The summed E-state index contributed by atoms with van der Waals surface area (Å²) in [5, 5.41) is 3.02. The number of likely N-dealkylation sites (tertiary alicyclic amines) is 1. The molecule has 1 aromatic carbocycles. The molecule has 1 aromatic heterocycles. The molecular weight excluding hydrogens is 471 g/mol. The topological polar surface area (TPSA) is 71.5 Å². The molecule has 1 saturated heterocycles. The Morgan fingerprint density at radius 1 is 1.03 bits per heavy atom. The summed E-state index contributed by atoms with van der Waals surface area (Å²) >= 11 is 0. The molecule has 9 heteroatoms. The van der Waals surface area contributed by atoms with E-state index in [0.29, 0.717) is 25.7 Å². The molecule has 194 valence electrons. The van der Waals surface area contributed by atoms with Crippen LogP contribution in [0.3, 0.4) is 0 Å². The Balaban J connectivity index is 1.34. The zero-order chi connectivity index (χ0) is 25.5. The van der Waals surface area contributed by atoms with Crippen molar-refractivity contribution in [2.75, 3.05) is 13.1 Å². The Labute approximate surface area is 209 Å². The fraction of sp³-hybridized carbons (Fsp3) is 0.519. The molecule has 36 heavy (non-hydrogen) atoms. The Hall–Kier alpha value is -2.78. The SMILES string of the molecule is O=C(CCC(=O)c1cccc(C(F)(F)F)c1)N[C@H]1CN(C2CCCCC2)C[C@@H]1OCc1ccccn1. The standard InChI is InChI=1S/C27H32F3N3O3/c28-27(29,30)20-8-6-7-19(15-20)24(34)12-13-26(35)32-23-16-33(22-10-2-1-3-11-22)17-25(23)36-18-21-9-4-5-14-31-21/h4-9,14-15,22-23,25H,1-3,10-13,16-18H2,(H,32,35)/t23-,25-/m0/s1. The Morgan fingerprint density at radius 3 is 2.56 bits per heavy atom. The minimum absolute atomic E-state index is 0.0430. The molecule has 1 aliphatic heterocycles. The van der Waals surface area contributed by atoms with Crippen molar-refractivity contribution in [1.29, 1.82) is 0 Å². The second kappa shape index (κ2) is 12.0. The minimum Gasteiger partial charge on any atom is -0.368 e. The van der Waals surface area contributed by atoms with E-state index in [1.165, 1.54) is 31.4 Å². The van der Waals surface area contributed by atoms with Crippen molar-refractivity contribution in [3.8, 4) is 0 Å². The predicted molar refractivity (Wildman–Crippen MR) is 128 cm³/mol. The summed E-state index contributed by atoms with van der Waals surface area (Å²) < 4.78 is 45.0. The number of nitrogens with one attached hydrogen (secondary N) is 1. The number of ketones is 1. The third-order valence-corrected chi connectivity index (χ3v) is 6.99. The first-order valence-corrected chi connectivity index (χ1v) is 12.5. The van der Waals surface area contributed by atoms with E-state index in [0.717, 1.165) is 30.7 Å². The van der Waals surface area contributed by atoms with E-state index in [-0.39, 0.29) is 36.5 Å². The molecule has 2 aromatic rings. The second-order valence-electron chi connectivity index (χ2n) is 9.59. The molecule has 0 unspecified atom stereocenters. The third-order valence-electron chi connectivity index (χ3n) is 6.99. The monoisotopic (exact) mass is 503 g/mol. The van der Waals surface area contributed by atoms with E-state index < -0.39 is 17.5 Å². The van der Waals surface area contributed by atoms with Crippen molar-refractivity contribution >= 4 is 11.7 Å². The fourth-order valence-electron chi connectivity index (χ4n) is 5.05. The number of amides is 1. The average molecular weight is 504 g/mol. The number of alkyl halides is 3. The van der Waals surface area contributed by atoms with Gasteiger partial charge in [-0.05, 0) is 37.1 Å². The molecule has 1 amide bonds. The highest BCUT2D eigenvalue weighted by Crippen LogP contribution is 2.30. The van der Waals surface area contributed by atoms with Gasteiger partial charge in [-0.2, -0.15) is 13.2 Å². The summed E-state index contributed by atoms with van der Waals surface area (Å²) in [7, 11) is 0. The highest BCUT2D eigenvalue weighted by molar-refractivity contribution is 5.98. The van der Waals surface area contributed by atoms with Crippen LogP contribution in [-0.2, 0) is 22.3 Å². The first-order chi connectivity index (χ1) is 17.3. The maximum absolute atomic E-state index is 13.0. The highest BCUT2D eigenvalue weighted by atomic mass is 19.4. The molecule has 1 N–H and O–H groups in total. The lowest BCUT2D eigenvalue weighted by molar-refractivity contribution is -0.137. The zero-order valence-electron chi connectivity index (χ0n) is 20.2. The van der Waals surface area contributed by atoms with Crippen molar-refractivity contribution < 1.29 is 27.5 Å². The number of carbonyl (C=O) groups is 2. The molecule has 0 bridgehead atoms. The van der Waals surface area contributed by atoms with Crippen molar-refractivity contribution in [2.45, 2.75) is 75.9 Å². The van der Waals surface area contributed by atoms with Crippen LogP contribution in [0.25, 0.3) is 0 Å². The summed E-state index contributed by atoms with van der Waals surface area (Å²) in [6, 6.07) is 10.2. The van der Waals surface area contributed by atoms with Crippen LogP contribution >= 0.6 is 0 Å². The Kier molecular flexibility index (Phi) is 8.74. The maximum Gasteiger partial charge on any atom is 0.416 e. The molecule has 2 atom stereocenters. The largest absolute Gasteiger partial charge is 0.416 e. The number of rotatable bonds is 9. The minimum atomic E-state index is -4.52. The summed E-state index contributed by atoms with van der Waals surface area (Å²) in [5.74, 6) is -0.799. The third kappa shape index (κ3) is 7.13. The van der Waals surface area contributed by atoms with Gasteiger partial charge < -0.3 is 10.1 Å². The number of nitrogens with zero attached hydrogens (tertiary/aromatic N) is 2. The van der Waals surface area contributed by atoms with Gasteiger partial charge in [-0.1, -0.05) is 37.5 Å². The average Bonchev–Trinajstić information content (AvgIpc) is 3.29. The van der Waals surface area contributed by atoms with E-state index in [4.69, 9.17) is 4.74 Å². The first kappa shape index (κ1) is 26.3. The summed E-state index contributed by atoms with van der Waals surface area (Å²) in [5.41, 5.74) is -0.108. The van der Waals surface area contributed by atoms with E-state index in [1.807, 2.05) is 18.2 Å². The van der Waals surface area contributed by atoms with Crippen LogP contribution in [0.4, 0.5) is 13.2 Å². The number of pyridine rings is 1. The van der Waals surface area contributed by atoms with Crippen LogP contribution in [0.5, 0.6) is 0 Å². The first-order valence-electron chi connectivity index (χ1n) is 12.5. The van der Waals surface area contributed by atoms with Crippen molar-refractivity contribution in [1.82, 2.24) is 15.2 Å². The molecule has 2 aliphatic rings. The molecule has 4 rings (SSSR count). The molecule has 2 fully saturated rings. The fourth-order valence-corrected chi connectivity index (χ4v) is 5.05. The normalized spacial score (nSPS) is 21.4. The number of aromatic nitrogens is 1. The zero-order valence-corrected chi connectivity index (χ0v) is 20.2. The van der Waals surface area contributed by atoms with Crippen LogP contribution < -0.4 is 5.32 Å². The molecule has 6 nitrogen and oxygen atoms in total. The Bertz CT molecular complexity index is 1030. The van der Waals surface area contributed by atoms with Crippen molar-refractivity contribution in [2.24, 2.45) is 0 Å². The van der Waals surface area contributed by atoms with Crippen molar-refractivity contribution in [3.05, 3.63) is 65.5 Å². The lowest BCUT2D eigenvalue weighted by atomic mass is 9.94. The van der Waals surface area contributed by atoms with Gasteiger partial charge in [0, 0.05) is 43.7 Å². The summed E-state index contributed by atoms with van der Waals surface area (Å²) in [6.45, 7) is 1.72. The van der Waals surface area contributed by atoms with E-state index >= 15 is 0 Å². The van der Waals surface area contributed by atoms with Gasteiger partial charge in [0.2, 0.25) is 5.91 Å². The molecule has 0 spiro atoms. The van der Waals surface area contributed by atoms with Gasteiger partial charge >= 0.3 is 6.18 Å². The van der Waals surface area contributed by atoms with E-state index in [9.17, 15) is 22.8 Å². The van der Waals surface area contributed by atoms with Crippen LogP contribution in [0.15, 0.2) is 48.7 Å². The number of ether oxygens (including phenoxy) is 1. The van der Waals surface area contributed by atoms with Gasteiger partial charge in [0.25, 0.3) is 0 Å². The quantitative estimate of drug-likeness (QED) is 0.499. The van der Waals surface area contributed by atoms with Gasteiger partial charge in [-0.25, -0.2) is 0 Å². The van der Waals surface area contributed by atoms with Gasteiger partial charge in [0.15, 0.2) is 5.78 Å². The van der Waals surface area contributed by atoms with Crippen LogP contribution in [0.1, 0.15) is 66.6 Å². The van der Waals surface area contributed by atoms with Crippen LogP contribution in [0, 0.1) is 0 Å². The summed E-state index contributed by atoms with van der Waals surface area (Å²) in [6.07, 6.45) is 2.66. The van der Waals surface area contributed by atoms with Gasteiger partial charge in [0.05, 0.1) is 30.0 Å². The molecule has 1 saturated carbocycles. The number of carbonyl (C=O) groups excluding carboxylic acids is 2. The molecular formula is C27H32F3N3O3. The van der Waals surface area contributed by atoms with Gasteiger partial charge in [0.1, 0.15) is 0 Å². The number of hydrogen-bond donors (Lipinski definition) is 1. The summed E-state index contributed by atoms with van der Waals surface area (Å²) in [4.78, 5) is 31.9. The number of benzene rings is 1. The Morgan fingerprint density at radius 2 is 1.83 bits per heavy atom. The maximum atomic E-state index is 13.0. The van der Waals surface area contributed by atoms with Crippen LogP contribution in [0.2, 0.25) is 0 Å². The second-order valence-corrected chi connectivity index (χ2v) is 9.59. The van der Waals surface area contributed by atoms with Crippen LogP contribution in [-0.4, -0.2) is 52.9 Å². The van der Waals surface area contributed by atoms with Crippen molar-refractivity contribution in [3.63, 3.8) is 0 Å². The molecule has 0 radical (unpaired) electrons. The predicted octanol–water partition coefficient (Wildman–Crippen LogP) is 4.78. The highest BCUT2D eigenvalue weighted by Gasteiger charge is 2.38. The van der Waals surface area contributed by atoms with E-state index in [2.05, 4.69) is 15.2 Å². The molecule has 2 heterocycles. The number of hydrogen-bond acceptors (Lipinski definition) is 5. The molecule has 1 aliphatic carbocycles.